The third-order valence-electron chi connectivity index (χ3n) is 3.40. The predicted molar refractivity (Wildman–Crippen MR) is 94.5 cm³/mol. The van der Waals surface area contributed by atoms with Gasteiger partial charge in [-0.05, 0) is 36.3 Å². The molecule has 0 radical (unpaired) electrons. The molecule has 0 fully saturated rings. The number of nitrogens with two attached hydrogens (primary N) is 1. The number of rotatable bonds is 4. The van der Waals surface area contributed by atoms with Crippen molar-refractivity contribution >= 4 is 40.6 Å². The van der Waals surface area contributed by atoms with Crippen molar-refractivity contribution in [3.05, 3.63) is 45.2 Å². The van der Waals surface area contributed by atoms with Gasteiger partial charge < -0.3 is 5.73 Å². The summed E-state index contributed by atoms with van der Waals surface area (Å²) in [6.07, 6.45) is 0. The molecule has 3 rings (SSSR count). The van der Waals surface area contributed by atoms with Crippen LogP contribution in [0.4, 0.5) is 5.82 Å². The van der Waals surface area contributed by atoms with Crippen LogP contribution in [0, 0.1) is 6.92 Å². The van der Waals surface area contributed by atoms with E-state index in [1.165, 1.54) is 0 Å². The first-order valence-electron chi connectivity index (χ1n) is 7.19. The van der Waals surface area contributed by atoms with Gasteiger partial charge in [-0.2, -0.15) is 9.78 Å². The summed E-state index contributed by atoms with van der Waals surface area (Å²) in [6.45, 7) is 3.30. The summed E-state index contributed by atoms with van der Waals surface area (Å²) in [5.74, 6) is -0.548. The first-order chi connectivity index (χ1) is 12.4. The summed E-state index contributed by atoms with van der Waals surface area (Å²) >= 11 is 12.0. The van der Waals surface area contributed by atoms with Crippen LogP contribution in [0.25, 0.3) is 5.82 Å². The first kappa shape index (κ1) is 17.8. The predicted octanol–water partition coefficient (Wildman–Crippen LogP) is 2.00. The molecule has 3 N–H and O–H groups in total. The molecule has 0 saturated carbocycles. The van der Waals surface area contributed by atoms with E-state index >= 15 is 0 Å². The van der Waals surface area contributed by atoms with Gasteiger partial charge in [0.2, 0.25) is 11.6 Å². The van der Waals surface area contributed by atoms with Gasteiger partial charge in [-0.25, -0.2) is 10.1 Å². The summed E-state index contributed by atoms with van der Waals surface area (Å²) in [5, 5.41) is 19.7. The average molecular weight is 395 g/mol. The molecule has 2 heterocycles. The minimum atomic E-state index is -0.570. The van der Waals surface area contributed by atoms with Crippen LogP contribution in [-0.4, -0.2) is 36.9 Å². The van der Waals surface area contributed by atoms with Crippen LogP contribution in [0.3, 0.4) is 0 Å². The summed E-state index contributed by atoms with van der Waals surface area (Å²) in [7, 11) is 0. The van der Waals surface area contributed by atoms with Crippen LogP contribution in [0.5, 0.6) is 0 Å². The average Bonchev–Trinajstić information content (AvgIpc) is 3.17. The molecule has 1 amide bonds. The highest BCUT2D eigenvalue weighted by Gasteiger charge is 2.23. The fourth-order valence-electron chi connectivity index (χ4n) is 2.13. The van der Waals surface area contributed by atoms with E-state index in [4.69, 9.17) is 28.9 Å². The minimum Gasteiger partial charge on any atom is -0.378 e. The summed E-state index contributed by atoms with van der Waals surface area (Å²) in [5.41, 5.74) is 9.62. The Morgan fingerprint density at radius 2 is 2.12 bits per heavy atom. The maximum atomic E-state index is 12.5. The van der Waals surface area contributed by atoms with Crippen LogP contribution in [0.1, 0.15) is 28.7 Å². The monoisotopic (exact) mass is 394 g/mol. The lowest BCUT2D eigenvalue weighted by Crippen LogP contribution is -2.24. The van der Waals surface area contributed by atoms with Crippen molar-refractivity contribution in [2.75, 3.05) is 5.73 Å². The van der Waals surface area contributed by atoms with Crippen LogP contribution < -0.4 is 11.2 Å². The number of nitrogen functional groups attached to an aromatic ring is 1. The number of carbonyl (C=O) groups is 1. The lowest BCUT2D eigenvalue weighted by atomic mass is 10.1. The number of amides is 1. The smallest absolute Gasteiger partial charge is 0.292 e. The second kappa shape index (κ2) is 7.10. The highest BCUT2D eigenvalue weighted by atomic mass is 35.5. The molecule has 12 heteroatoms. The number of hydrogen-bond acceptors (Lipinski definition) is 8. The molecule has 26 heavy (non-hydrogen) atoms. The van der Waals surface area contributed by atoms with Crippen molar-refractivity contribution in [3.8, 4) is 5.82 Å². The van der Waals surface area contributed by atoms with Crippen LogP contribution in [0.15, 0.2) is 27.9 Å². The van der Waals surface area contributed by atoms with E-state index in [1.807, 2.05) is 0 Å². The highest BCUT2D eigenvalue weighted by Crippen LogP contribution is 2.21. The zero-order valence-electron chi connectivity index (χ0n) is 13.6. The van der Waals surface area contributed by atoms with E-state index in [0.29, 0.717) is 27.0 Å². The maximum Gasteiger partial charge on any atom is 0.292 e. The molecule has 2 aromatic heterocycles. The van der Waals surface area contributed by atoms with Crippen LogP contribution in [-0.2, 0) is 0 Å². The second-order valence-electron chi connectivity index (χ2n) is 5.17. The number of halogens is 2. The number of benzene rings is 1. The Bertz CT molecular complexity index is 1010. The van der Waals surface area contributed by atoms with E-state index in [-0.39, 0.29) is 17.3 Å². The van der Waals surface area contributed by atoms with E-state index in [0.717, 1.165) is 4.68 Å². The Morgan fingerprint density at radius 1 is 1.35 bits per heavy atom. The van der Waals surface area contributed by atoms with Crippen LogP contribution >= 0.6 is 23.2 Å². The molecule has 0 saturated heterocycles. The summed E-state index contributed by atoms with van der Waals surface area (Å²) in [6, 6.07) is 4.96. The number of anilines is 1. The topological polar surface area (TPSA) is 137 Å². The third kappa shape index (κ3) is 3.37. The highest BCUT2D eigenvalue weighted by molar-refractivity contribution is 6.37. The van der Waals surface area contributed by atoms with Crippen molar-refractivity contribution in [1.29, 1.82) is 0 Å². The van der Waals surface area contributed by atoms with E-state index in [2.05, 4.69) is 35.8 Å². The minimum absolute atomic E-state index is 0.0309. The lowest BCUT2D eigenvalue weighted by molar-refractivity contribution is 0.0946. The number of hydrogen-bond donors (Lipinski definition) is 2. The van der Waals surface area contributed by atoms with Gasteiger partial charge in [0.1, 0.15) is 0 Å². The van der Waals surface area contributed by atoms with Gasteiger partial charge in [-0.15, -0.1) is 5.10 Å². The fraction of sp³-hybridized carbons (Fsp3) is 0.143. The van der Waals surface area contributed by atoms with Gasteiger partial charge >= 0.3 is 0 Å². The Hall–Kier alpha value is -2.98. The zero-order valence-corrected chi connectivity index (χ0v) is 15.1. The van der Waals surface area contributed by atoms with Crippen molar-refractivity contribution in [3.63, 3.8) is 0 Å². The molecule has 0 bridgehead atoms. The summed E-state index contributed by atoms with van der Waals surface area (Å²) in [4.78, 5) is 12.5. The number of nitrogens with zero attached hydrogens (tertiary/aromatic N) is 6. The molecule has 3 aromatic rings. The molecule has 10 nitrogen and oxygen atoms in total. The standard InChI is InChI=1S/C14H12Cl2N8O2/c1-6(9-4-3-8(15)5-10(9)16)18-20-14(25)11-7(2)19-23-24(11)13-12(17)21-26-22-13/h3-5H,1-2H3,(H2,17,21)(H,20,25)/b18-6-. The molecule has 134 valence electrons. The van der Waals surface area contributed by atoms with Gasteiger partial charge in [-0.3, -0.25) is 4.79 Å². The Kier molecular flexibility index (Phi) is 4.87. The SMILES string of the molecule is C/C(=N/NC(=O)c1c(C)nnn1-c1nonc1N)c1ccc(Cl)cc1Cl. The van der Waals surface area contributed by atoms with Crippen molar-refractivity contribution in [2.45, 2.75) is 13.8 Å². The van der Waals surface area contributed by atoms with Gasteiger partial charge in [-0.1, -0.05) is 34.5 Å². The molecule has 0 aliphatic rings. The van der Waals surface area contributed by atoms with Crippen molar-refractivity contribution < 1.29 is 9.42 Å². The van der Waals surface area contributed by atoms with Gasteiger partial charge in [0.05, 0.1) is 16.4 Å². The van der Waals surface area contributed by atoms with Gasteiger partial charge in [0, 0.05) is 10.6 Å². The first-order valence-corrected chi connectivity index (χ1v) is 7.95. The van der Waals surface area contributed by atoms with E-state index in [1.54, 1.807) is 32.0 Å². The lowest BCUT2D eigenvalue weighted by Gasteiger charge is -2.06. The molecule has 0 atom stereocenters. The van der Waals surface area contributed by atoms with Gasteiger partial charge in [0.25, 0.3) is 5.91 Å². The normalized spacial score (nSPS) is 11.6. The summed E-state index contributed by atoms with van der Waals surface area (Å²) < 4.78 is 5.65. The van der Waals surface area contributed by atoms with Crippen LogP contribution in [0.2, 0.25) is 10.0 Å². The zero-order chi connectivity index (χ0) is 18.8. The molecular weight excluding hydrogens is 383 g/mol. The van der Waals surface area contributed by atoms with Gasteiger partial charge in [0.15, 0.2) is 5.69 Å². The molecule has 0 spiro atoms. The Labute approximate surface area is 156 Å². The quantitative estimate of drug-likeness (QED) is 0.509. The molecular formula is C14H12Cl2N8O2. The third-order valence-corrected chi connectivity index (χ3v) is 3.94. The second-order valence-corrected chi connectivity index (χ2v) is 6.01. The van der Waals surface area contributed by atoms with Crippen molar-refractivity contribution in [1.82, 2.24) is 30.7 Å². The fourth-order valence-corrected chi connectivity index (χ4v) is 2.68. The largest absolute Gasteiger partial charge is 0.378 e. The number of aromatic nitrogens is 5. The number of aryl methyl sites for hydroxylation is 1. The Balaban J connectivity index is 1.87. The molecule has 0 aliphatic carbocycles. The molecule has 0 unspecified atom stereocenters. The molecule has 1 aromatic carbocycles. The Morgan fingerprint density at radius 3 is 2.77 bits per heavy atom. The van der Waals surface area contributed by atoms with E-state index in [9.17, 15) is 4.79 Å². The number of carbonyl (C=O) groups excluding carboxylic acids is 1. The number of hydrazone groups is 1. The van der Waals surface area contributed by atoms with Crippen molar-refractivity contribution in [2.24, 2.45) is 5.10 Å². The molecule has 0 aliphatic heterocycles. The number of nitrogens with one attached hydrogen (secondary N) is 1. The maximum absolute atomic E-state index is 12.5. The van der Waals surface area contributed by atoms with E-state index < -0.39 is 5.91 Å².